The van der Waals surface area contributed by atoms with E-state index < -0.39 is 61.7 Å². The molecule has 4 aliphatic carbocycles. The molecule has 0 aliphatic heterocycles. The van der Waals surface area contributed by atoms with Gasteiger partial charge in [-0.15, -0.1) is 0 Å². The van der Waals surface area contributed by atoms with E-state index in [0.717, 1.165) is 12.1 Å². The number of carbonyl (C=O) groups excluding carboxylic acids is 1. The van der Waals surface area contributed by atoms with Crippen LogP contribution in [0.2, 0.25) is 0 Å². The highest BCUT2D eigenvalue weighted by atomic mass is 32.2. The topological polar surface area (TPSA) is 72.5 Å². The highest BCUT2D eigenvalue weighted by Gasteiger charge is 2.73. The summed E-state index contributed by atoms with van der Waals surface area (Å²) in [5, 5.41) is 1.43. The molecule has 0 saturated heterocycles. The van der Waals surface area contributed by atoms with Crippen molar-refractivity contribution >= 4 is 16.0 Å². The van der Waals surface area contributed by atoms with Crippen LogP contribution in [0.3, 0.4) is 0 Å². The van der Waals surface area contributed by atoms with Gasteiger partial charge in [-0.05, 0) is 84.3 Å². The van der Waals surface area contributed by atoms with Gasteiger partial charge < -0.3 is 9.50 Å². The Bertz CT molecular complexity index is 1490. The number of benzene rings is 1. The Balaban J connectivity index is 1.41. The lowest BCUT2D eigenvalue weighted by atomic mass is 9.48. The molecule has 1 N–H and O–H groups in total. The number of alkyl halides is 9. The molecule has 1 amide bonds. The summed E-state index contributed by atoms with van der Waals surface area (Å²) >= 11 is 0. The number of hydrogen-bond donors (Lipinski definition) is 1. The van der Waals surface area contributed by atoms with Crippen LogP contribution in [-0.4, -0.2) is 32.2 Å². The predicted octanol–water partition coefficient (Wildman–Crippen LogP) is 8.06. The zero-order valence-electron chi connectivity index (χ0n) is 24.2. The summed E-state index contributed by atoms with van der Waals surface area (Å²) in [4.78, 5) is 13.6. The summed E-state index contributed by atoms with van der Waals surface area (Å²) in [6, 6.07) is 4.72. The number of allylic oxidation sites excluding steroid dienone is 4. The lowest BCUT2D eigenvalue weighted by Gasteiger charge is -2.57. The number of halogens is 9. The Hall–Kier alpha value is -2.71. The highest BCUT2D eigenvalue weighted by Crippen LogP contribution is 2.66. The monoisotopic (exact) mass is 673 g/mol. The van der Waals surface area contributed by atoms with Crippen molar-refractivity contribution in [2.24, 2.45) is 34.5 Å². The van der Waals surface area contributed by atoms with Gasteiger partial charge >= 0.3 is 28.0 Å². The average Bonchev–Trinajstić information content (AvgIpc) is 3.27. The molecule has 2 fully saturated rings. The largest absolute Gasteiger partial charge is 0.534 e. The van der Waals surface area contributed by atoms with Crippen LogP contribution in [0.5, 0.6) is 0 Å². The van der Waals surface area contributed by atoms with E-state index in [1.807, 2.05) is 6.92 Å². The molecule has 0 spiro atoms. The summed E-state index contributed by atoms with van der Waals surface area (Å²) in [5.74, 6) is -3.12. The minimum Gasteiger partial charge on any atom is -0.381 e. The SMILES string of the molecule is C[C@]12CC[C@H]3[C@@H](CC=C4C=C(OS(=O)(=O)C(F)(F)F)CC[C@@]43C)[C@@H]1CC[C@@H]2C(=O)NC(c1ccccc1)(C(F)(F)F)C(F)(F)F. The Kier molecular flexibility index (Phi) is 7.97. The molecule has 250 valence electrons. The summed E-state index contributed by atoms with van der Waals surface area (Å²) in [6.07, 6.45) is -6.76. The first-order valence-corrected chi connectivity index (χ1v) is 15.9. The summed E-state index contributed by atoms with van der Waals surface area (Å²) in [5.41, 5.74) is -12.2. The van der Waals surface area contributed by atoms with Gasteiger partial charge in [0.15, 0.2) is 0 Å². The minimum atomic E-state index is -5.89. The van der Waals surface area contributed by atoms with Gasteiger partial charge in [0, 0.05) is 12.3 Å². The van der Waals surface area contributed by atoms with Crippen molar-refractivity contribution in [3.05, 3.63) is 59.4 Å². The number of amides is 1. The van der Waals surface area contributed by atoms with Crippen molar-refractivity contribution in [1.29, 1.82) is 0 Å². The molecule has 0 unspecified atom stereocenters. The Labute approximate surface area is 254 Å². The second-order valence-electron chi connectivity index (χ2n) is 13.1. The Morgan fingerprint density at radius 3 is 2.09 bits per heavy atom. The zero-order valence-corrected chi connectivity index (χ0v) is 25.1. The first-order chi connectivity index (χ1) is 20.6. The molecule has 2 saturated carbocycles. The minimum absolute atomic E-state index is 0.0526. The van der Waals surface area contributed by atoms with Gasteiger partial charge in [0.2, 0.25) is 5.91 Å². The first-order valence-electron chi connectivity index (χ1n) is 14.5. The number of rotatable bonds is 5. The smallest absolute Gasteiger partial charge is 0.381 e. The van der Waals surface area contributed by atoms with Crippen LogP contribution in [0.4, 0.5) is 39.5 Å². The van der Waals surface area contributed by atoms with Gasteiger partial charge in [-0.1, -0.05) is 50.3 Å². The molecule has 5 rings (SSSR count). The van der Waals surface area contributed by atoms with Gasteiger partial charge in [-0.3, -0.25) is 4.79 Å². The lowest BCUT2D eigenvalue weighted by molar-refractivity contribution is -0.312. The molecule has 0 heterocycles. The maximum absolute atomic E-state index is 14.4. The number of carbonyl (C=O) groups is 1. The number of fused-ring (bicyclic) bond motifs is 5. The molecule has 1 aromatic rings. The molecule has 0 bridgehead atoms. The molecule has 6 atom stereocenters. The molecular weight excluding hydrogens is 641 g/mol. The summed E-state index contributed by atoms with van der Waals surface area (Å²) in [7, 11) is -5.84. The van der Waals surface area contributed by atoms with E-state index in [9.17, 15) is 52.7 Å². The van der Waals surface area contributed by atoms with Gasteiger partial charge in [-0.2, -0.15) is 47.9 Å². The maximum atomic E-state index is 14.4. The van der Waals surface area contributed by atoms with Crippen molar-refractivity contribution in [3.63, 3.8) is 0 Å². The van der Waals surface area contributed by atoms with Crippen molar-refractivity contribution in [1.82, 2.24) is 5.32 Å². The van der Waals surface area contributed by atoms with Crippen LogP contribution in [0, 0.1) is 34.5 Å². The fourth-order valence-electron chi connectivity index (χ4n) is 8.65. The third kappa shape index (κ3) is 5.24. The third-order valence-corrected chi connectivity index (χ3v) is 11.9. The average molecular weight is 674 g/mol. The van der Waals surface area contributed by atoms with Crippen LogP contribution in [0.15, 0.2) is 53.8 Å². The van der Waals surface area contributed by atoms with E-state index in [0.29, 0.717) is 43.4 Å². The van der Waals surface area contributed by atoms with Crippen LogP contribution < -0.4 is 5.32 Å². The van der Waals surface area contributed by atoms with E-state index >= 15 is 0 Å². The zero-order chi connectivity index (χ0) is 33.4. The van der Waals surface area contributed by atoms with E-state index in [1.54, 1.807) is 13.0 Å². The molecule has 45 heavy (non-hydrogen) atoms. The van der Waals surface area contributed by atoms with Crippen LogP contribution in [0.1, 0.15) is 64.4 Å². The van der Waals surface area contributed by atoms with Crippen molar-refractivity contribution in [2.75, 3.05) is 0 Å². The van der Waals surface area contributed by atoms with Crippen LogP contribution in [0.25, 0.3) is 0 Å². The molecule has 15 heteroatoms. The molecule has 1 aromatic carbocycles. The van der Waals surface area contributed by atoms with Gasteiger partial charge in [0.25, 0.3) is 5.54 Å². The lowest BCUT2D eigenvalue weighted by Crippen LogP contribution is -2.66. The van der Waals surface area contributed by atoms with Crippen molar-refractivity contribution in [3.8, 4) is 0 Å². The Morgan fingerprint density at radius 2 is 1.51 bits per heavy atom. The fourth-order valence-corrected chi connectivity index (χ4v) is 9.15. The standard InChI is InChI=1S/C30H32F9NO4S/c1-25-14-12-19(44-45(42,43)30(37,38)39)16-18(25)8-9-20-21-10-11-23(26(21,2)15-13-22(20)25)24(41)40-27(28(31,32)33,29(34,35)36)17-6-4-3-5-7-17/h3-8,16,20-23H,9-15H2,1-2H3,(H,40,41)/t20-,21-,22-,23+,25-,26-/m0/s1. The predicted molar refractivity (Wildman–Crippen MR) is 143 cm³/mol. The molecular formula is C30H32F9NO4S. The van der Waals surface area contributed by atoms with Crippen molar-refractivity contribution in [2.45, 2.75) is 82.2 Å². The molecule has 4 aliphatic rings. The molecule has 5 nitrogen and oxygen atoms in total. The molecule has 0 aromatic heterocycles. The maximum Gasteiger partial charge on any atom is 0.534 e. The highest BCUT2D eigenvalue weighted by molar-refractivity contribution is 7.87. The van der Waals surface area contributed by atoms with Gasteiger partial charge in [0.1, 0.15) is 5.76 Å². The quantitative estimate of drug-likeness (QED) is 0.195. The molecule has 0 radical (unpaired) electrons. The second-order valence-corrected chi connectivity index (χ2v) is 14.6. The normalized spacial score (nSPS) is 32.4. The van der Waals surface area contributed by atoms with E-state index in [-0.39, 0.29) is 42.8 Å². The number of hydrogen-bond acceptors (Lipinski definition) is 4. The summed E-state index contributed by atoms with van der Waals surface area (Å²) in [6.45, 7) is 3.66. The van der Waals surface area contributed by atoms with E-state index in [1.165, 1.54) is 17.5 Å². The van der Waals surface area contributed by atoms with Crippen LogP contribution >= 0.6 is 0 Å². The van der Waals surface area contributed by atoms with Crippen molar-refractivity contribution < 1.29 is 56.9 Å². The second kappa shape index (κ2) is 10.7. The third-order valence-electron chi connectivity index (χ3n) is 10.9. The van der Waals surface area contributed by atoms with Gasteiger partial charge in [-0.25, -0.2) is 0 Å². The van der Waals surface area contributed by atoms with E-state index in [2.05, 4.69) is 4.18 Å². The summed E-state index contributed by atoms with van der Waals surface area (Å²) < 4.78 is 152. The first kappa shape index (κ1) is 33.6. The van der Waals surface area contributed by atoms with E-state index in [4.69, 9.17) is 0 Å². The fraction of sp³-hybridized carbons (Fsp3) is 0.633. The number of nitrogens with one attached hydrogen (secondary N) is 1. The Morgan fingerprint density at radius 1 is 0.889 bits per heavy atom. The van der Waals surface area contributed by atoms with Crippen LogP contribution in [-0.2, 0) is 24.6 Å². The van der Waals surface area contributed by atoms with Gasteiger partial charge in [0.05, 0.1) is 0 Å².